The Kier molecular flexibility index (Phi) is 8.63. The molecule has 1 aliphatic carbocycles. The van der Waals surface area contributed by atoms with E-state index in [1.54, 1.807) is 11.0 Å². The third-order valence-corrected chi connectivity index (χ3v) is 7.60. The number of hydrogen-bond acceptors (Lipinski definition) is 4. The number of carbonyl (C=O) groups is 2. The molecule has 2 aromatic carbocycles. The van der Waals surface area contributed by atoms with Gasteiger partial charge in [-0.1, -0.05) is 49.2 Å². The van der Waals surface area contributed by atoms with E-state index in [0.717, 1.165) is 18.4 Å². The van der Waals surface area contributed by atoms with Gasteiger partial charge in [0, 0.05) is 30.9 Å². The number of nitrogens with zero attached hydrogens (tertiary/aromatic N) is 2. The minimum Gasteiger partial charge on any atom is -0.445 e. The molecule has 0 aromatic heterocycles. The van der Waals surface area contributed by atoms with E-state index in [-0.39, 0.29) is 25.2 Å². The van der Waals surface area contributed by atoms with Crippen molar-refractivity contribution in [3.8, 4) is 0 Å². The summed E-state index contributed by atoms with van der Waals surface area (Å²) >= 11 is 0. The van der Waals surface area contributed by atoms with Gasteiger partial charge in [0.15, 0.2) is 0 Å². The first kappa shape index (κ1) is 26.9. The number of nitrogens with two attached hydrogens (primary N) is 1. The molecule has 200 valence electrons. The zero-order chi connectivity index (χ0) is 26.4. The van der Waals surface area contributed by atoms with E-state index in [0.29, 0.717) is 37.9 Å². The van der Waals surface area contributed by atoms with Gasteiger partial charge in [0.2, 0.25) is 0 Å². The van der Waals surface area contributed by atoms with Gasteiger partial charge in [0.1, 0.15) is 18.6 Å². The van der Waals surface area contributed by atoms with Crippen LogP contribution >= 0.6 is 0 Å². The van der Waals surface area contributed by atoms with E-state index in [1.165, 1.54) is 23.1 Å². The molecular weight excluding hydrogens is 478 g/mol. The standard InChI is InChI=1S/C28H36F2N4O3/c1-20-17-28(19-32-25-13-6-5-12-24(25)30,34(26(31)35)23-11-7-10-22(29)16-23)14-15-33(20)27(36)37-18-21-8-3-2-4-9-21/h2-4,7-11,16,20,24-25,32H,5-6,12-15,17-19H2,1H3,(H2,31,35)/t20-,24+,25+,28+/m0/s1. The van der Waals surface area contributed by atoms with Crippen molar-refractivity contribution in [2.24, 2.45) is 5.73 Å². The Labute approximate surface area is 216 Å². The zero-order valence-electron chi connectivity index (χ0n) is 21.2. The number of amides is 3. The molecule has 2 aliphatic rings. The Morgan fingerprint density at radius 1 is 1.16 bits per heavy atom. The molecule has 7 nitrogen and oxygen atoms in total. The highest BCUT2D eigenvalue weighted by Crippen LogP contribution is 2.37. The normalized spacial score (nSPS) is 25.9. The number of likely N-dealkylation sites (tertiary alicyclic amines) is 1. The lowest BCUT2D eigenvalue weighted by molar-refractivity contribution is 0.0538. The number of alkyl halides is 1. The van der Waals surface area contributed by atoms with Crippen molar-refractivity contribution < 1.29 is 23.1 Å². The number of nitrogens with one attached hydrogen (secondary N) is 1. The molecule has 4 rings (SSSR count). The summed E-state index contributed by atoms with van der Waals surface area (Å²) in [5.41, 5.74) is 6.22. The third-order valence-electron chi connectivity index (χ3n) is 7.60. The molecular formula is C28H36F2N4O3. The molecule has 1 aliphatic heterocycles. The molecule has 4 atom stereocenters. The fraction of sp³-hybridized carbons (Fsp3) is 0.500. The fourth-order valence-corrected chi connectivity index (χ4v) is 5.71. The first-order valence-electron chi connectivity index (χ1n) is 13.0. The second kappa shape index (κ2) is 11.9. The van der Waals surface area contributed by atoms with Crippen LogP contribution in [0.2, 0.25) is 0 Å². The average molecular weight is 515 g/mol. The minimum atomic E-state index is -0.965. The molecule has 0 unspecified atom stereocenters. The quantitative estimate of drug-likeness (QED) is 0.536. The number of ether oxygens (including phenoxy) is 1. The van der Waals surface area contributed by atoms with Crippen LogP contribution in [-0.4, -0.2) is 53.9 Å². The largest absolute Gasteiger partial charge is 0.445 e. The van der Waals surface area contributed by atoms with Crippen LogP contribution < -0.4 is 16.0 Å². The second-order valence-electron chi connectivity index (χ2n) is 10.2. The third kappa shape index (κ3) is 6.39. The molecule has 0 spiro atoms. The van der Waals surface area contributed by atoms with Crippen molar-refractivity contribution in [3.63, 3.8) is 0 Å². The van der Waals surface area contributed by atoms with Crippen LogP contribution in [0.15, 0.2) is 54.6 Å². The highest BCUT2D eigenvalue weighted by Gasteiger charge is 2.47. The molecule has 3 amide bonds. The summed E-state index contributed by atoms with van der Waals surface area (Å²) in [5.74, 6) is -0.488. The molecule has 0 bridgehead atoms. The summed E-state index contributed by atoms with van der Waals surface area (Å²) in [6.07, 6.45) is 2.34. The molecule has 9 heteroatoms. The minimum absolute atomic E-state index is 0.159. The summed E-state index contributed by atoms with van der Waals surface area (Å²) in [6, 6.07) is 13.8. The Bertz CT molecular complexity index is 1070. The SMILES string of the molecule is C[C@H]1C[C@](CN[C@@H]2CCCC[C@H]2F)(N(C(N)=O)c2cccc(F)c2)CCN1C(=O)OCc1ccccc1. The Hall–Kier alpha value is -3.20. The van der Waals surface area contributed by atoms with Crippen molar-refractivity contribution >= 4 is 17.8 Å². The topological polar surface area (TPSA) is 87.9 Å². The number of carbonyl (C=O) groups excluding carboxylic acids is 2. The van der Waals surface area contributed by atoms with E-state index >= 15 is 0 Å². The molecule has 37 heavy (non-hydrogen) atoms. The first-order chi connectivity index (χ1) is 17.8. The maximum atomic E-state index is 14.6. The molecule has 1 saturated heterocycles. The monoisotopic (exact) mass is 514 g/mol. The molecule has 0 radical (unpaired) electrons. The van der Waals surface area contributed by atoms with Gasteiger partial charge in [-0.2, -0.15) is 0 Å². The Morgan fingerprint density at radius 3 is 2.59 bits per heavy atom. The number of hydrogen-bond donors (Lipinski definition) is 2. The Morgan fingerprint density at radius 2 is 1.92 bits per heavy atom. The van der Waals surface area contributed by atoms with Gasteiger partial charge in [0.05, 0.1) is 5.54 Å². The summed E-state index contributed by atoms with van der Waals surface area (Å²) in [4.78, 5) is 28.8. The predicted molar refractivity (Wildman–Crippen MR) is 138 cm³/mol. The lowest BCUT2D eigenvalue weighted by atomic mass is 9.80. The van der Waals surface area contributed by atoms with Crippen LogP contribution in [0.25, 0.3) is 0 Å². The maximum absolute atomic E-state index is 14.6. The number of urea groups is 1. The number of anilines is 1. The van der Waals surface area contributed by atoms with Gasteiger partial charge in [-0.25, -0.2) is 18.4 Å². The van der Waals surface area contributed by atoms with Crippen LogP contribution in [0.5, 0.6) is 0 Å². The summed E-state index contributed by atoms with van der Waals surface area (Å²) in [6.45, 7) is 2.63. The van der Waals surface area contributed by atoms with E-state index in [4.69, 9.17) is 10.5 Å². The van der Waals surface area contributed by atoms with Crippen molar-refractivity contribution in [1.29, 1.82) is 0 Å². The number of rotatable bonds is 7. The average Bonchev–Trinajstić information content (AvgIpc) is 2.87. The lowest BCUT2D eigenvalue weighted by Gasteiger charge is -2.51. The van der Waals surface area contributed by atoms with Crippen LogP contribution in [0.3, 0.4) is 0 Å². The molecule has 1 heterocycles. The van der Waals surface area contributed by atoms with Crippen molar-refractivity contribution in [2.75, 3.05) is 18.0 Å². The summed E-state index contributed by atoms with van der Waals surface area (Å²) < 4.78 is 34.4. The first-order valence-corrected chi connectivity index (χ1v) is 13.0. The highest BCUT2D eigenvalue weighted by molar-refractivity contribution is 5.92. The van der Waals surface area contributed by atoms with Gasteiger partial charge < -0.3 is 20.7 Å². The summed E-state index contributed by atoms with van der Waals surface area (Å²) in [7, 11) is 0. The van der Waals surface area contributed by atoms with Crippen LogP contribution in [0.1, 0.15) is 51.0 Å². The van der Waals surface area contributed by atoms with E-state index in [2.05, 4.69) is 5.32 Å². The maximum Gasteiger partial charge on any atom is 0.410 e. The fourth-order valence-electron chi connectivity index (χ4n) is 5.71. The zero-order valence-corrected chi connectivity index (χ0v) is 21.2. The van der Waals surface area contributed by atoms with Gasteiger partial charge in [-0.05, 0) is 56.4 Å². The summed E-state index contributed by atoms with van der Waals surface area (Å²) in [5, 5.41) is 3.36. The lowest BCUT2D eigenvalue weighted by Crippen LogP contribution is -2.66. The van der Waals surface area contributed by atoms with Crippen molar-refractivity contribution in [2.45, 2.75) is 75.8 Å². The number of halogens is 2. The van der Waals surface area contributed by atoms with Crippen LogP contribution in [0.4, 0.5) is 24.1 Å². The van der Waals surface area contributed by atoms with E-state index < -0.39 is 29.7 Å². The number of benzene rings is 2. The molecule has 2 aromatic rings. The van der Waals surface area contributed by atoms with Gasteiger partial charge in [-0.15, -0.1) is 0 Å². The smallest absolute Gasteiger partial charge is 0.410 e. The highest BCUT2D eigenvalue weighted by atomic mass is 19.1. The van der Waals surface area contributed by atoms with Crippen LogP contribution in [-0.2, 0) is 11.3 Å². The van der Waals surface area contributed by atoms with Crippen LogP contribution in [0, 0.1) is 5.82 Å². The molecule has 1 saturated carbocycles. The van der Waals surface area contributed by atoms with Gasteiger partial charge >= 0.3 is 12.1 Å². The van der Waals surface area contributed by atoms with E-state index in [1.807, 2.05) is 37.3 Å². The van der Waals surface area contributed by atoms with Gasteiger partial charge in [-0.3, -0.25) is 4.90 Å². The predicted octanol–water partition coefficient (Wildman–Crippen LogP) is 5.14. The molecule has 3 N–H and O–H groups in total. The van der Waals surface area contributed by atoms with E-state index in [9.17, 15) is 18.4 Å². The number of primary amides is 1. The Balaban J connectivity index is 1.55. The van der Waals surface area contributed by atoms with Crippen molar-refractivity contribution in [1.82, 2.24) is 10.2 Å². The van der Waals surface area contributed by atoms with Gasteiger partial charge in [0.25, 0.3) is 0 Å². The van der Waals surface area contributed by atoms with Crippen molar-refractivity contribution in [3.05, 3.63) is 66.0 Å². The number of piperidine rings is 1. The molecule has 2 fully saturated rings. The second-order valence-corrected chi connectivity index (χ2v) is 10.2.